The first kappa shape index (κ1) is 8.61. The second-order valence-corrected chi connectivity index (χ2v) is 4.55. The Hall–Kier alpha value is -1.68. The van der Waals surface area contributed by atoms with Gasteiger partial charge in [0.25, 0.3) is 0 Å². The molecular weight excluding hydrogens is 206 g/mol. The minimum Gasteiger partial charge on any atom is -0.375 e. The SMILES string of the molecule is Cc1cc2sc(N)nc2c2cccnc12. The molecule has 0 aliphatic heterocycles. The molecule has 15 heavy (non-hydrogen) atoms. The number of nitrogens with zero attached hydrogens (tertiary/aromatic N) is 2. The number of hydrogen-bond donors (Lipinski definition) is 1. The lowest BCUT2D eigenvalue weighted by molar-refractivity contribution is 1.37. The number of aryl methyl sites for hydroxylation is 1. The Morgan fingerprint density at radius 1 is 1.33 bits per heavy atom. The molecule has 0 atom stereocenters. The van der Waals surface area contributed by atoms with Crippen molar-refractivity contribution in [2.75, 3.05) is 5.73 Å². The lowest BCUT2D eigenvalue weighted by Gasteiger charge is -2.00. The summed E-state index contributed by atoms with van der Waals surface area (Å²) in [6, 6.07) is 6.06. The Balaban J connectivity index is 2.62. The van der Waals surface area contributed by atoms with Crippen LogP contribution in [-0.2, 0) is 0 Å². The van der Waals surface area contributed by atoms with Gasteiger partial charge in [0.2, 0.25) is 0 Å². The molecule has 2 heterocycles. The molecule has 0 aliphatic rings. The highest BCUT2D eigenvalue weighted by Crippen LogP contribution is 2.31. The number of aromatic nitrogens is 2. The molecule has 0 saturated heterocycles. The molecule has 3 rings (SSSR count). The molecule has 3 aromatic rings. The van der Waals surface area contributed by atoms with Crippen molar-refractivity contribution in [2.45, 2.75) is 6.92 Å². The number of nitrogens with two attached hydrogens (primary N) is 1. The van der Waals surface area contributed by atoms with E-state index >= 15 is 0 Å². The summed E-state index contributed by atoms with van der Waals surface area (Å²) in [5.41, 5.74) is 8.86. The molecule has 3 nitrogen and oxygen atoms in total. The van der Waals surface area contributed by atoms with Crippen LogP contribution in [0.5, 0.6) is 0 Å². The maximum atomic E-state index is 5.72. The average molecular weight is 215 g/mol. The summed E-state index contributed by atoms with van der Waals surface area (Å²) in [5.74, 6) is 0. The van der Waals surface area contributed by atoms with Crippen LogP contribution in [0.4, 0.5) is 5.13 Å². The van der Waals surface area contributed by atoms with E-state index in [4.69, 9.17) is 5.73 Å². The van der Waals surface area contributed by atoms with Gasteiger partial charge in [0.15, 0.2) is 5.13 Å². The summed E-state index contributed by atoms with van der Waals surface area (Å²) in [4.78, 5) is 8.70. The Morgan fingerprint density at radius 3 is 3.07 bits per heavy atom. The largest absolute Gasteiger partial charge is 0.375 e. The highest BCUT2D eigenvalue weighted by Gasteiger charge is 2.08. The summed E-state index contributed by atoms with van der Waals surface area (Å²) in [5, 5.41) is 1.70. The minimum atomic E-state index is 0.612. The van der Waals surface area contributed by atoms with E-state index in [-0.39, 0.29) is 0 Å². The molecule has 0 amide bonds. The molecule has 0 unspecified atom stereocenters. The van der Waals surface area contributed by atoms with Crippen LogP contribution in [0.25, 0.3) is 21.1 Å². The van der Waals surface area contributed by atoms with E-state index in [1.807, 2.05) is 12.1 Å². The molecule has 1 aromatic carbocycles. The highest BCUT2D eigenvalue weighted by molar-refractivity contribution is 7.22. The maximum absolute atomic E-state index is 5.72. The van der Waals surface area contributed by atoms with Gasteiger partial charge < -0.3 is 5.73 Å². The van der Waals surface area contributed by atoms with Crippen LogP contribution in [0, 0.1) is 6.92 Å². The molecule has 0 saturated carbocycles. The predicted molar refractivity (Wildman–Crippen MR) is 64.1 cm³/mol. The molecule has 0 spiro atoms. The molecule has 0 fully saturated rings. The molecule has 74 valence electrons. The van der Waals surface area contributed by atoms with Crippen LogP contribution >= 0.6 is 11.3 Å². The maximum Gasteiger partial charge on any atom is 0.181 e. The second-order valence-electron chi connectivity index (χ2n) is 3.49. The van der Waals surface area contributed by atoms with Crippen molar-refractivity contribution in [3.05, 3.63) is 30.0 Å². The third kappa shape index (κ3) is 1.18. The van der Waals surface area contributed by atoms with E-state index in [0.29, 0.717) is 5.13 Å². The molecule has 0 aliphatic carbocycles. The van der Waals surface area contributed by atoms with Crippen LogP contribution in [-0.4, -0.2) is 9.97 Å². The first-order chi connectivity index (χ1) is 7.25. The third-order valence-corrected chi connectivity index (χ3v) is 3.29. The number of pyridine rings is 1. The van der Waals surface area contributed by atoms with Gasteiger partial charge >= 0.3 is 0 Å². The summed E-state index contributed by atoms with van der Waals surface area (Å²) < 4.78 is 1.13. The Kier molecular flexibility index (Phi) is 1.67. The van der Waals surface area contributed by atoms with Crippen LogP contribution in [0.2, 0.25) is 0 Å². The van der Waals surface area contributed by atoms with Crippen molar-refractivity contribution >= 4 is 37.6 Å². The summed E-state index contributed by atoms with van der Waals surface area (Å²) >= 11 is 1.52. The zero-order valence-corrected chi connectivity index (χ0v) is 9.01. The summed E-state index contributed by atoms with van der Waals surface area (Å²) in [7, 11) is 0. The number of benzene rings is 1. The normalized spacial score (nSPS) is 11.3. The van der Waals surface area contributed by atoms with Gasteiger partial charge in [-0.25, -0.2) is 4.98 Å². The van der Waals surface area contributed by atoms with Gasteiger partial charge in [0.1, 0.15) is 0 Å². The van der Waals surface area contributed by atoms with E-state index in [9.17, 15) is 0 Å². The summed E-state index contributed by atoms with van der Waals surface area (Å²) in [6.07, 6.45) is 1.80. The van der Waals surface area contributed by atoms with E-state index in [1.165, 1.54) is 16.9 Å². The average Bonchev–Trinajstić information content (AvgIpc) is 2.59. The zero-order chi connectivity index (χ0) is 10.4. The topological polar surface area (TPSA) is 51.8 Å². The van der Waals surface area contributed by atoms with Crippen LogP contribution in [0.15, 0.2) is 24.4 Å². The molecular formula is C11H9N3S. The van der Waals surface area contributed by atoms with E-state index in [1.54, 1.807) is 6.20 Å². The first-order valence-electron chi connectivity index (χ1n) is 4.66. The number of nitrogen functional groups attached to an aromatic ring is 1. The minimum absolute atomic E-state index is 0.612. The van der Waals surface area contributed by atoms with Crippen molar-refractivity contribution < 1.29 is 0 Å². The second kappa shape index (κ2) is 2.90. The molecule has 0 radical (unpaired) electrons. The van der Waals surface area contributed by atoms with Crippen LogP contribution in [0.3, 0.4) is 0 Å². The number of hydrogen-bond acceptors (Lipinski definition) is 4. The Morgan fingerprint density at radius 2 is 2.20 bits per heavy atom. The smallest absolute Gasteiger partial charge is 0.181 e. The van der Waals surface area contributed by atoms with Crippen LogP contribution in [0.1, 0.15) is 5.56 Å². The summed E-state index contributed by atoms with van der Waals surface area (Å²) in [6.45, 7) is 2.06. The zero-order valence-electron chi connectivity index (χ0n) is 8.19. The van der Waals surface area contributed by atoms with Crippen molar-refractivity contribution in [1.82, 2.24) is 9.97 Å². The fourth-order valence-corrected chi connectivity index (χ4v) is 2.67. The van der Waals surface area contributed by atoms with Gasteiger partial charge in [-0.15, -0.1) is 0 Å². The van der Waals surface area contributed by atoms with E-state index in [2.05, 4.69) is 23.0 Å². The van der Waals surface area contributed by atoms with Gasteiger partial charge in [-0.1, -0.05) is 11.3 Å². The fourth-order valence-electron chi connectivity index (χ4n) is 1.82. The molecule has 4 heteroatoms. The number of rotatable bonds is 0. The van der Waals surface area contributed by atoms with E-state index < -0.39 is 0 Å². The molecule has 2 N–H and O–H groups in total. The van der Waals surface area contributed by atoms with Gasteiger partial charge in [-0.2, -0.15) is 0 Å². The first-order valence-corrected chi connectivity index (χ1v) is 5.48. The standard InChI is InChI=1S/C11H9N3S/c1-6-5-8-10(14-11(12)15-8)7-3-2-4-13-9(6)7/h2-5H,1H3,(H2,12,14). The molecule has 2 aromatic heterocycles. The van der Waals surface area contributed by atoms with E-state index in [0.717, 1.165) is 21.1 Å². The predicted octanol–water partition coefficient (Wildman–Crippen LogP) is 2.74. The van der Waals surface area contributed by atoms with Crippen molar-refractivity contribution in [1.29, 1.82) is 0 Å². The molecule has 0 bridgehead atoms. The number of anilines is 1. The van der Waals surface area contributed by atoms with Gasteiger partial charge in [0.05, 0.1) is 15.7 Å². The quantitative estimate of drug-likeness (QED) is 0.627. The highest BCUT2D eigenvalue weighted by atomic mass is 32.1. The van der Waals surface area contributed by atoms with Crippen LogP contribution < -0.4 is 5.73 Å². The van der Waals surface area contributed by atoms with Gasteiger partial charge in [-0.3, -0.25) is 4.98 Å². The van der Waals surface area contributed by atoms with Crippen molar-refractivity contribution in [2.24, 2.45) is 0 Å². The number of fused-ring (bicyclic) bond motifs is 3. The Labute approximate surface area is 90.6 Å². The fraction of sp³-hybridized carbons (Fsp3) is 0.0909. The monoisotopic (exact) mass is 215 g/mol. The Bertz CT molecular complexity index is 657. The van der Waals surface area contributed by atoms with Crippen molar-refractivity contribution in [3.8, 4) is 0 Å². The van der Waals surface area contributed by atoms with Gasteiger partial charge in [0, 0.05) is 11.6 Å². The lowest BCUT2D eigenvalue weighted by atomic mass is 10.1. The lowest BCUT2D eigenvalue weighted by Crippen LogP contribution is -1.84. The third-order valence-electron chi connectivity index (χ3n) is 2.45. The van der Waals surface area contributed by atoms with Gasteiger partial charge in [-0.05, 0) is 30.7 Å². The number of thiazole rings is 1. The van der Waals surface area contributed by atoms with Crippen molar-refractivity contribution in [3.63, 3.8) is 0 Å².